The molecule has 0 radical (unpaired) electrons. The number of amides is 1. The minimum absolute atomic E-state index is 0.275. The molecule has 0 aliphatic heterocycles. The Morgan fingerprint density at radius 1 is 1.56 bits per heavy atom. The van der Waals surface area contributed by atoms with Crippen molar-refractivity contribution in [2.75, 3.05) is 0 Å². The second-order valence-corrected chi connectivity index (χ2v) is 4.25. The standard InChI is InChI=1S/C11H14ClN5O/c1-3-17-7(2)8(5-15-17)4-13-11(18)10-9(12)6-14-16-10/h5-6H,3-4H2,1-2H3,(H,13,18)(H,14,16). The zero-order valence-electron chi connectivity index (χ0n) is 10.2. The summed E-state index contributed by atoms with van der Waals surface area (Å²) in [6, 6.07) is 0. The highest BCUT2D eigenvalue weighted by atomic mass is 35.5. The van der Waals surface area contributed by atoms with Crippen molar-refractivity contribution in [3.63, 3.8) is 0 Å². The number of rotatable bonds is 4. The number of carbonyl (C=O) groups is 1. The first kappa shape index (κ1) is 12.6. The molecule has 0 unspecified atom stereocenters. The Kier molecular flexibility index (Phi) is 3.66. The lowest BCUT2D eigenvalue weighted by Gasteiger charge is -2.04. The molecule has 0 fully saturated rings. The predicted molar refractivity (Wildman–Crippen MR) is 67.4 cm³/mol. The Bertz CT molecular complexity index is 560. The average Bonchev–Trinajstić information content (AvgIpc) is 2.93. The fraction of sp³-hybridized carbons (Fsp3) is 0.364. The van der Waals surface area contributed by atoms with Gasteiger partial charge in [-0.3, -0.25) is 14.6 Å². The number of nitrogens with one attached hydrogen (secondary N) is 2. The van der Waals surface area contributed by atoms with Gasteiger partial charge in [-0.15, -0.1) is 0 Å². The van der Waals surface area contributed by atoms with Gasteiger partial charge in [0.2, 0.25) is 0 Å². The summed E-state index contributed by atoms with van der Waals surface area (Å²) in [6.07, 6.45) is 3.16. The van der Waals surface area contributed by atoms with Crippen molar-refractivity contribution >= 4 is 17.5 Å². The minimum atomic E-state index is -0.277. The van der Waals surface area contributed by atoms with Gasteiger partial charge in [-0.05, 0) is 13.8 Å². The van der Waals surface area contributed by atoms with Gasteiger partial charge in [-0.1, -0.05) is 11.6 Å². The molecule has 2 aromatic heterocycles. The van der Waals surface area contributed by atoms with Crippen molar-refractivity contribution in [1.82, 2.24) is 25.3 Å². The first-order valence-electron chi connectivity index (χ1n) is 5.61. The quantitative estimate of drug-likeness (QED) is 0.882. The molecule has 7 heteroatoms. The van der Waals surface area contributed by atoms with Crippen LogP contribution in [0.25, 0.3) is 0 Å². The first-order valence-corrected chi connectivity index (χ1v) is 5.99. The summed E-state index contributed by atoms with van der Waals surface area (Å²) >= 11 is 5.80. The third-order valence-electron chi connectivity index (χ3n) is 2.76. The van der Waals surface area contributed by atoms with Crippen LogP contribution in [0.2, 0.25) is 5.02 Å². The van der Waals surface area contributed by atoms with Crippen LogP contribution < -0.4 is 5.32 Å². The number of aryl methyl sites for hydroxylation is 1. The number of nitrogens with zero attached hydrogens (tertiary/aromatic N) is 3. The van der Waals surface area contributed by atoms with E-state index in [2.05, 4.69) is 20.6 Å². The number of aromatic amines is 1. The second-order valence-electron chi connectivity index (χ2n) is 3.85. The minimum Gasteiger partial charge on any atom is -0.346 e. The zero-order valence-corrected chi connectivity index (χ0v) is 11.0. The van der Waals surface area contributed by atoms with Crippen LogP contribution in [-0.2, 0) is 13.1 Å². The van der Waals surface area contributed by atoms with Crippen LogP contribution in [0.4, 0.5) is 0 Å². The third-order valence-corrected chi connectivity index (χ3v) is 3.05. The molecule has 2 N–H and O–H groups in total. The van der Waals surface area contributed by atoms with Crippen LogP contribution in [0.5, 0.6) is 0 Å². The molecule has 0 saturated carbocycles. The van der Waals surface area contributed by atoms with Crippen molar-refractivity contribution in [2.45, 2.75) is 26.9 Å². The van der Waals surface area contributed by atoms with Gasteiger partial charge in [0.25, 0.3) is 5.91 Å². The van der Waals surface area contributed by atoms with Gasteiger partial charge in [-0.2, -0.15) is 10.2 Å². The first-order chi connectivity index (χ1) is 8.63. The van der Waals surface area contributed by atoms with Gasteiger partial charge in [0.05, 0.1) is 17.4 Å². The van der Waals surface area contributed by atoms with E-state index in [1.54, 1.807) is 6.20 Å². The van der Waals surface area contributed by atoms with Crippen LogP contribution in [0, 0.1) is 6.92 Å². The van der Waals surface area contributed by atoms with Crippen LogP contribution in [0.3, 0.4) is 0 Å². The molecule has 0 aliphatic carbocycles. The lowest BCUT2D eigenvalue weighted by Crippen LogP contribution is -2.23. The van der Waals surface area contributed by atoms with Gasteiger partial charge in [-0.25, -0.2) is 0 Å². The monoisotopic (exact) mass is 267 g/mol. The molecule has 2 rings (SSSR count). The molecule has 0 aromatic carbocycles. The molecular formula is C11H14ClN5O. The lowest BCUT2D eigenvalue weighted by molar-refractivity contribution is 0.0946. The second kappa shape index (κ2) is 5.22. The number of H-pyrrole nitrogens is 1. The van der Waals surface area contributed by atoms with Crippen LogP contribution >= 0.6 is 11.6 Å². The lowest BCUT2D eigenvalue weighted by atomic mass is 10.2. The maximum absolute atomic E-state index is 11.8. The number of aromatic nitrogens is 4. The Hall–Kier alpha value is -1.82. The SMILES string of the molecule is CCn1ncc(CNC(=O)c2[nH]ncc2Cl)c1C. The number of hydrogen-bond acceptors (Lipinski definition) is 3. The number of hydrogen-bond donors (Lipinski definition) is 2. The average molecular weight is 268 g/mol. The summed E-state index contributed by atoms with van der Waals surface area (Å²) in [6.45, 7) is 5.22. The summed E-state index contributed by atoms with van der Waals surface area (Å²) < 4.78 is 1.88. The van der Waals surface area contributed by atoms with E-state index in [1.165, 1.54) is 6.20 Å². The molecule has 0 aliphatic rings. The Morgan fingerprint density at radius 2 is 2.33 bits per heavy atom. The van der Waals surface area contributed by atoms with Crippen LogP contribution in [-0.4, -0.2) is 25.9 Å². The Morgan fingerprint density at radius 3 is 2.89 bits per heavy atom. The fourth-order valence-corrected chi connectivity index (χ4v) is 1.85. The van der Waals surface area contributed by atoms with Crippen molar-refractivity contribution in [1.29, 1.82) is 0 Å². The highest BCUT2D eigenvalue weighted by Crippen LogP contribution is 2.12. The highest BCUT2D eigenvalue weighted by Gasteiger charge is 2.13. The van der Waals surface area contributed by atoms with E-state index in [4.69, 9.17) is 11.6 Å². The van der Waals surface area contributed by atoms with E-state index in [-0.39, 0.29) is 11.6 Å². The fourth-order valence-electron chi connectivity index (χ4n) is 1.67. The van der Waals surface area contributed by atoms with Crippen LogP contribution in [0.1, 0.15) is 28.7 Å². The molecule has 0 atom stereocenters. The molecule has 2 heterocycles. The van der Waals surface area contributed by atoms with Gasteiger partial charge in [0.1, 0.15) is 5.69 Å². The van der Waals surface area contributed by atoms with Crippen molar-refractivity contribution < 1.29 is 4.79 Å². The molecular weight excluding hydrogens is 254 g/mol. The number of halogens is 1. The van der Waals surface area contributed by atoms with E-state index in [1.807, 2.05) is 18.5 Å². The molecule has 2 aromatic rings. The van der Waals surface area contributed by atoms with E-state index >= 15 is 0 Å². The smallest absolute Gasteiger partial charge is 0.271 e. The molecule has 0 bridgehead atoms. The summed E-state index contributed by atoms with van der Waals surface area (Å²) in [7, 11) is 0. The summed E-state index contributed by atoms with van der Waals surface area (Å²) in [5.74, 6) is -0.277. The predicted octanol–water partition coefficient (Wildman–Crippen LogP) is 1.52. The summed E-state index contributed by atoms with van der Waals surface area (Å²) in [5, 5.41) is 13.6. The normalized spacial score (nSPS) is 10.6. The molecule has 96 valence electrons. The molecule has 0 saturated heterocycles. The molecule has 1 amide bonds. The highest BCUT2D eigenvalue weighted by molar-refractivity contribution is 6.33. The van der Waals surface area contributed by atoms with Gasteiger partial charge < -0.3 is 5.32 Å². The Labute approximate surface area is 109 Å². The maximum Gasteiger partial charge on any atom is 0.271 e. The van der Waals surface area contributed by atoms with E-state index < -0.39 is 0 Å². The third kappa shape index (κ3) is 2.38. The summed E-state index contributed by atoms with van der Waals surface area (Å²) in [4.78, 5) is 11.8. The largest absolute Gasteiger partial charge is 0.346 e. The van der Waals surface area contributed by atoms with E-state index in [0.29, 0.717) is 11.6 Å². The zero-order chi connectivity index (χ0) is 13.1. The summed E-state index contributed by atoms with van der Waals surface area (Å²) in [5.41, 5.74) is 2.31. The van der Waals surface area contributed by atoms with Crippen molar-refractivity contribution in [2.24, 2.45) is 0 Å². The maximum atomic E-state index is 11.8. The van der Waals surface area contributed by atoms with Gasteiger partial charge >= 0.3 is 0 Å². The van der Waals surface area contributed by atoms with E-state index in [9.17, 15) is 4.79 Å². The topological polar surface area (TPSA) is 75.6 Å². The molecule has 18 heavy (non-hydrogen) atoms. The molecule has 6 nitrogen and oxygen atoms in total. The van der Waals surface area contributed by atoms with Crippen molar-refractivity contribution in [3.8, 4) is 0 Å². The van der Waals surface area contributed by atoms with Gasteiger partial charge in [0, 0.05) is 24.3 Å². The van der Waals surface area contributed by atoms with Crippen LogP contribution in [0.15, 0.2) is 12.4 Å². The molecule has 0 spiro atoms. The number of carbonyl (C=O) groups excluding carboxylic acids is 1. The Balaban J connectivity index is 2.02. The van der Waals surface area contributed by atoms with Crippen molar-refractivity contribution in [3.05, 3.63) is 34.4 Å². The van der Waals surface area contributed by atoms with Gasteiger partial charge in [0.15, 0.2) is 0 Å². The van der Waals surface area contributed by atoms with E-state index in [0.717, 1.165) is 17.8 Å².